The van der Waals surface area contributed by atoms with Gasteiger partial charge in [0.05, 0.1) is 0 Å². The number of allylic oxidation sites excluding steroid dienone is 5. The van der Waals surface area contributed by atoms with E-state index in [9.17, 15) is 0 Å². The SMILES string of the molecule is CCSC1=CC=CCC=C1. The van der Waals surface area contributed by atoms with E-state index < -0.39 is 0 Å². The molecule has 0 nitrogen and oxygen atoms in total. The molecule has 0 spiro atoms. The van der Waals surface area contributed by atoms with Crippen molar-refractivity contribution in [1.82, 2.24) is 0 Å². The van der Waals surface area contributed by atoms with Gasteiger partial charge in [-0.05, 0) is 18.2 Å². The molecular formula is C9H12S. The molecule has 1 rings (SSSR count). The summed E-state index contributed by atoms with van der Waals surface area (Å²) >= 11 is 1.89. The highest BCUT2D eigenvalue weighted by molar-refractivity contribution is 8.03. The lowest BCUT2D eigenvalue weighted by molar-refractivity contribution is 1.40. The van der Waals surface area contributed by atoms with Gasteiger partial charge in [-0.15, -0.1) is 11.8 Å². The lowest BCUT2D eigenvalue weighted by Gasteiger charge is -1.94. The van der Waals surface area contributed by atoms with Crippen LogP contribution in [0, 0.1) is 0 Å². The van der Waals surface area contributed by atoms with Crippen LogP contribution < -0.4 is 0 Å². The van der Waals surface area contributed by atoms with Crippen LogP contribution in [0.25, 0.3) is 0 Å². The van der Waals surface area contributed by atoms with E-state index in [1.54, 1.807) is 0 Å². The molecule has 0 radical (unpaired) electrons. The van der Waals surface area contributed by atoms with E-state index in [1.165, 1.54) is 4.91 Å². The molecule has 10 heavy (non-hydrogen) atoms. The first-order valence-corrected chi connectivity index (χ1v) is 4.58. The van der Waals surface area contributed by atoms with Crippen LogP contribution in [0.1, 0.15) is 13.3 Å². The Morgan fingerprint density at radius 1 is 1.50 bits per heavy atom. The molecule has 0 saturated heterocycles. The zero-order valence-electron chi connectivity index (χ0n) is 6.21. The van der Waals surface area contributed by atoms with Gasteiger partial charge in [0, 0.05) is 4.91 Å². The Morgan fingerprint density at radius 3 is 3.20 bits per heavy atom. The minimum absolute atomic E-state index is 1.07. The van der Waals surface area contributed by atoms with Crippen LogP contribution in [0.4, 0.5) is 0 Å². The summed E-state index contributed by atoms with van der Waals surface area (Å²) in [4.78, 5) is 1.37. The first kappa shape index (κ1) is 7.67. The topological polar surface area (TPSA) is 0 Å². The number of thioether (sulfide) groups is 1. The lowest BCUT2D eigenvalue weighted by atomic mass is 10.4. The van der Waals surface area contributed by atoms with E-state index in [2.05, 4.69) is 37.3 Å². The molecule has 0 bridgehead atoms. The molecule has 0 saturated carbocycles. The van der Waals surface area contributed by atoms with Gasteiger partial charge in [0.2, 0.25) is 0 Å². The van der Waals surface area contributed by atoms with Crippen LogP contribution in [-0.2, 0) is 0 Å². The Balaban J connectivity index is 2.55. The van der Waals surface area contributed by atoms with Crippen molar-refractivity contribution in [1.29, 1.82) is 0 Å². The molecule has 0 amide bonds. The van der Waals surface area contributed by atoms with Crippen molar-refractivity contribution in [3.63, 3.8) is 0 Å². The van der Waals surface area contributed by atoms with Crippen LogP contribution in [0.3, 0.4) is 0 Å². The zero-order valence-corrected chi connectivity index (χ0v) is 7.03. The highest BCUT2D eigenvalue weighted by Gasteiger charge is 1.90. The lowest BCUT2D eigenvalue weighted by Crippen LogP contribution is -1.69. The van der Waals surface area contributed by atoms with Gasteiger partial charge in [-0.3, -0.25) is 0 Å². The standard InChI is InChI=1S/C9H12S/c1-2-10-9-7-5-3-4-6-8-9/h3,5-8H,2,4H2,1H3. The van der Waals surface area contributed by atoms with Crippen molar-refractivity contribution < 1.29 is 0 Å². The third-order valence-corrected chi connectivity index (χ3v) is 2.16. The molecule has 1 aliphatic rings. The van der Waals surface area contributed by atoms with E-state index >= 15 is 0 Å². The summed E-state index contributed by atoms with van der Waals surface area (Å²) in [5.41, 5.74) is 0. The predicted molar refractivity (Wildman–Crippen MR) is 49.1 cm³/mol. The minimum atomic E-state index is 1.07. The molecule has 1 heteroatoms. The van der Waals surface area contributed by atoms with Crippen molar-refractivity contribution in [2.45, 2.75) is 13.3 Å². The highest BCUT2D eigenvalue weighted by Crippen LogP contribution is 2.18. The summed E-state index contributed by atoms with van der Waals surface area (Å²) in [5.74, 6) is 1.16. The third-order valence-electron chi connectivity index (χ3n) is 1.26. The Kier molecular flexibility index (Phi) is 3.37. The van der Waals surface area contributed by atoms with Crippen LogP contribution in [0.2, 0.25) is 0 Å². The molecule has 0 unspecified atom stereocenters. The van der Waals surface area contributed by atoms with Crippen LogP contribution >= 0.6 is 11.8 Å². The van der Waals surface area contributed by atoms with Gasteiger partial charge in [0.15, 0.2) is 0 Å². The van der Waals surface area contributed by atoms with E-state index in [0.717, 1.165) is 12.2 Å². The monoisotopic (exact) mass is 152 g/mol. The molecule has 0 aromatic heterocycles. The van der Waals surface area contributed by atoms with Crippen molar-refractivity contribution in [3.8, 4) is 0 Å². The molecule has 0 atom stereocenters. The number of hydrogen-bond acceptors (Lipinski definition) is 1. The largest absolute Gasteiger partial charge is 0.126 e. The highest BCUT2D eigenvalue weighted by atomic mass is 32.2. The van der Waals surface area contributed by atoms with Crippen LogP contribution in [-0.4, -0.2) is 5.75 Å². The molecular weight excluding hydrogens is 140 g/mol. The quantitative estimate of drug-likeness (QED) is 0.585. The Labute approximate surface area is 66.7 Å². The molecule has 0 aromatic rings. The maximum atomic E-state index is 2.19. The van der Waals surface area contributed by atoms with Gasteiger partial charge in [-0.1, -0.05) is 31.2 Å². The molecule has 0 aliphatic heterocycles. The second-order valence-electron chi connectivity index (χ2n) is 2.07. The Bertz CT molecular complexity index is 175. The summed E-state index contributed by atoms with van der Waals surface area (Å²) in [6.07, 6.45) is 11.9. The van der Waals surface area contributed by atoms with E-state index in [4.69, 9.17) is 0 Å². The van der Waals surface area contributed by atoms with Gasteiger partial charge < -0.3 is 0 Å². The predicted octanol–water partition coefficient (Wildman–Crippen LogP) is 3.14. The summed E-state index contributed by atoms with van der Waals surface area (Å²) in [7, 11) is 0. The smallest absolute Gasteiger partial charge is 0.00686 e. The van der Waals surface area contributed by atoms with Crippen LogP contribution in [0.15, 0.2) is 35.3 Å². The molecule has 0 aromatic carbocycles. The molecule has 1 aliphatic carbocycles. The molecule has 0 N–H and O–H groups in total. The van der Waals surface area contributed by atoms with Crippen molar-refractivity contribution in [2.75, 3.05) is 5.75 Å². The van der Waals surface area contributed by atoms with Crippen LogP contribution in [0.5, 0.6) is 0 Å². The molecule has 0 fully saturated rings. The fourth-order valence-corrected chi connectivity index (χ4v) is 1.52. The third kappa shape index (κ3) is 2.44. The Hall–Kier alpha value is -0.430. The first-order valence-electron chi connectivity index (χ1n) is 3.59. The summed E-state index contributed by atoms with van der Waals surface area (Å²) < 4.78 is 0. The van der Waals surface area contributed by atoms with E-state index in [0.29, 0.717) is 0 Å². The van der Waals surface area contributed by atoms with E-state index in [-0.39, 0.29) is 0 Å². The number of hydrogen-bond donors (Lipinski definition) is 0. The maximum Gasteiger partial charge on any atom is 0.00686 e. The fraction of sp³-hybridized carbons (Fsp3) is 0.333. The van der Waals surface area contributed by atoms with Gasteiger partial charge in [0.1, 0.15) is 0 Å². The van der Waals surface area contributed by atoms with Crippen molar-refractivity contribution >= 4 is 11.8 Å². The Morgan fingerprint density at radius 2 is 2.40 bits per heavy atom. The number of rotatable bonds is 2. The maximum absolute atomic E-state index is 2.19. The summed E-state index contributed by atoms with van der Waals surface area (Å²) in [6.45, 7) is 2.17. The fourth-order valence-electron chi connectivity index (χ4n) is 0.823. The molecule has 54 valence electrons. The van der Waals surface area contributed by atoms with Gasteiger partial charge in [-0.25, -0.2) is 0 Å². The van der Waals surface area contributed by atoms with E-state index in [1.807, 2.05) is 11.8 Å². The zero-order chi connectivity index (χ0) is 7.23. The van der Waals surface area contributed by atoms with Gasteiger partial charge in [0.25, 0.3) is 0 Å². The summed E-state index contributed by atoms with van der Waals surface area (Å²) in [6, 6.07) is 0. The average molecular weight is 152 g/mol. The van der Waals surface area contributed by atoms with Gasteiger partial charge in [-0.2, -0.15) is 0 Å². The minimum Gasteiger partial charge on any atom is -0.126 e. The normalized spacial score (nSPS) is 16.7. The average Bonchev–Trinajstić information content (AvgIpc) is 2.17. The first-order chi connectivity index (χ1) is 4.93. The molecule has 0 heterocycles. The second-order valence-corrected chi connectivity index (χ2v) is 3.41. The van der Waals surface area contributed by atoms with Crippen molar-refractivity contribution in [3.05, 3.63) is 35.3 Å². The van der Waals surface area contributed by atoms with Crippen molar-refractivity contribution in [2.24, 2.45) is 0 Å². The van der Waals surface area contributed by atoms with Gasteiger partial charge >= 0.3 is 0 Å². The summed E-state index contributed by atoms with van der Waals surface area (Å²) in [5, 5.41) is 0. The second kappa shape index (κ2) is 4.40.